The molecule has 4 aromatic rings. The highest BCUT2D eigenvalue weighted by atomic mass is 35.5. The first kappa shape index (κ1) is 22.7. The van der Waals surface area contributed by atoms with Gasteiger partial charge >= 0.3 is 5.97 Å². The Morgan fingerprint density at radius 3 is 2.60 bits per heavy atom. The molecule has 6 nitrogen and oxygen atoms in total. The molecule has 1 aliphatic rings. The number of ketones is 1. The molecule has 0 radical (unpaired) electrons. The first-order chi connectivity index (χ1) is 17.0. The van der Waals surface area contributed by atoms with Crippen molar-refractivity contribution in [2.24, 2.45) is 0 Å². The zero-order chi connectivity index (χ0) is 24.5. The SMILES string of the molecule is CCn1cc(/C=C2\Oc3cc(OC(=O)C(Cl)c4ccccc4)ccc3C2=O)c2cc(OC)ccc21. The first-order valence-corrected chi connectivity index (χ1v) is 11.6. The van der Waals surface area contributed by atoms with Gasteiger partial charge in [0.25, 0.3) is 0 Å². The lowest BCUT2D eigenvalue weighted by Gasteiger charge is -2.10. The fraction of sp³-hybridized carbons (Fsp3) is 0.143. The van der Waals surface area contributed by atoms with Gasteiger partial charge in [-0.2, -0.15) is 0 Å². The molecule has 0 spiro atoms. The average Bonchev–Trinajstić information content (AvgIpc) is 3.40. The Morgan fingerprint density at radius 2 is 1.86 bits per heavy atom. The summed E-state index contributed by atoms with van der Waals surface area (Å²) in [4.78, 5) is 25.5. The molecule has 7 heteroatoms. The predicted octanol–water partition coefficient (Wildman–Crippen LogP) is 6.17. The van der Waals surface area contributed by atoms with Gasteiger partial charge in [-0.3, -0.25) is 4.79 Å². The van der Waals surface area contributed by atoms with Crippen LogP contribution in [0.4, 0.5) is 0 Å². The zero-order valence-electron chi connectivity index (χ0n) is 19.2. The van der Waals surface area contributed by atoms with E-state index in [9.17, 15) is 9.59 Å². The number of carbonyl (C=O) groups is 2. The van der Waals surface area contributed by atoms with Crippen molar-refractivity contribution in [3.05, 3.63) is 95.4 Å². The van der Waals surface area contributed by atoms with Gasteiger partial charge in [-0.25, -0.2) is 4.79 Å². The molecular weight excluding hydrogens is 466 g/mol. The summed E-state index contributed by atoms with van der Waals surface area (Å²) in [5.41, 5.74) is 2.92. The first-order valence-electron chi connectivity index (χ1n) is 11.1. The van der Waals surface area contributed by atoms with Gasteiger partial charge < -0.3 is 18.8 Å². The van der Waals surface area contributed by atoms with Crippen molar-refractivity contribution in [3.8, 4) is 17.2 Å². The van der Waals surface area contributed by atoms with Gasteiger partial charge in [0.1, 0.15) is 17.2 Å². The maximum absolute atomic E-state index is 13.0. The molecule has 0 amide bonds. The van der Waals surface area contributed by atoms with Crippen LogP contribution >= 0.6 is 11.6 Å². The molecule has 1 aromatic heterocycles. The second-order valence-corrected chi connectivity index (χ2v) is 8.48. The molecule has 5 rings (SSSR count). The Morgan fingerprint density at radius 1 is 1.09 bits per heavy atom. The minimum atomic E-state index is -0.949. The topological polar surface area (TPSA) is 66.8 Å². The van der Waals surface area contributed by atoms with E-state index in [0.29, 0.717) is 16.9 Å². The number of methoxy groups -OCH3 is 1. The number of allylic oxidation sites excluding steroid dienone is 1. The number of alkyl halides is 1. The van der Waals surface area contributed by atoms with Crippen molar-refractivity contribution < 1.29 is 23.8 Å². The van der Waals surface area contributed by atoms with E-state index in [1.807, 2.05) is 30.5 Å². The molecule has 0 bridgehead atoms. The van der Waals surface area contributed by atoms with Crippen molar-refractivity contribution in [1.29, 1.82) is 0 Å². The van der Waals surface area contributed by atoms with Crippen LogP contribution < -0.4 is 14.2 Å². The van der Waals surface area contributed by atoms with Crippen LogP contribution in [0.15, 0.2) is 78.7 Å². The van der Waals surface area contributed by atoms with Crippen LogP contribution in [-0.2, 0) is 11.3 Å². The molecule has 1 aliphatic heterocycles. The van der Waals surface area contributed by atoms with Crippen LogP contribution in [0, 0.1) is 0 Å². The highest BCUT2D eigenvalue weighted by molar-refractivity contribution is 6.30. The number of benzene rings is 3. The normalized spacial score (nSPS) is 14.6. The number of carbonyl (C=O) groups excluding carboxylic acids is 2. The second-order valence-electron chi connectivity index (χ2n) is 8.05. The molecular formula is C28H22ClNO5. The summed E-state index contributed by atoms with van der Waals surface area (Å²) >= 11 is 6.26. The summed E-state index contributed by atoms with van der Waals surface area (Å²) in [7, 11) is 1.62. The van der Waals surface area contributed by atoms with E-state index in [1.165, 1.54) is 6.07 Å². The van der Waals surface area contributed by atoms with Gasteiger partial charge in [-0.15, -0.1) is 11.6 Å². The van der Waals surface area contributed by atoms with Crippen LogP contribution in [0.25, 0.3) is 17.0 Å². The van der Waals surface area contributed by atoms with Crippen molar-refractivity contribution >= 4 is 40.3 Å². The van der Waals surface area contributed by atoms with E-state index >= 15 is 0 Å². The number of halogens is 1. The third-order valence-electron chi connectivity index (χ3n) is 5.91. The van der Waals surface area contributed by atoms with E-state index in [-0.39, 0.29) is 17.3 Å². The fourth-order valence-corrected chi connectivity index (χ4v) is 4.30. The van der Waals surface area contributed by atoms with E-state index < -0.39 is 11.3 Å². The maximum atomic E-state index is 13.0. The molecule has 0 saturated heterocycles. The summed E-state index contributed by atoms with van der Waals surface area (Å²) < 4.78 is 18.8. The highest BCUT2D eigenvalue weighted by Crippen LogP contribution is 2.37. The molecule has 1 atom stereocenters. The third kappa shape index (κ3) is 4.29. The van der Waals surface area contributed by atoms with Gasteiger partial charge in [0.15, 0.2) is 11.1 Å². The van der Waals surface area contributed by atoms with Crippen LogP contribution in [0.5, 0.6) is 17.2 Å². The lowest BCUT2D eigenvalue weighted by atomic mass is 10.1. The predicted molar refractivity (Wildman–Crippen MR) is 134 cm³/mol. The quantitative estimate of drug-likeness (QED) is 0.141. The number of hydrogen-bond donors (Lipinski definition) is 0. The third-order valence-corrected chi connectivity index (χ3v) is 6.34. The minimum Gasteiger partial charge on any atom is -0.497 e. The molecule has 2 heterocycles. The number of rotatable bonds is 6. The van der Waals surface area contributed by atoms with Crippen molar-refractivity contribution in [2.75, 3.05) is 7.11 Å². The van der Waals surface area contributed by atoms with Gasteiger partial charge in [-0.05, 0) is 48.9 Å². The number of hydrogen-bond acceptors (Lipinski definition) is 5. The van der Waals surface area contributed by atoms with Gasteiger partial charge in [0.05, 0.1) is 12.7 Å². The zero-order valence-corrected chi connectivity index (χ0v) is 19.9. The largest absolute Gasteiger partial charge is 0.497 e. The Balaban J connectivity index is 1.41. The lowest BCUT2D eigenvalue weighted by molar-refractivity contribution is -0.134. The molecule has 0 N–H and O–H groups in total. The molecule has 1 unspecified atom stereocenters. The molecule has 0 saturated carbocycles. The minimum absolute atomic E-state index is 0.195. The molecule has 0 aliphatic carbocycles. The summed E-state index contributed by atoms with van der Waals surface area (Å²) in [6, 6.07) is 19.5. The Hall–Kier alpha value is -4.03. The van der Waals surface area contributed by atoms with E-state index in [2.05, 4.69) is 11.5 Å². The molecule has 0 fully saturated rings. The Kier molecular flexibility index (Phi) is 6.05. The second kappa shape index (κ2) is 9.31. The Labute approximate surface area is 207 Å². The summed E-state index contributed by atoms with van der Waals surface area (Å²) in [6.45, 7) is 2.83. The standard InChI is InChI=1S/C28H22ClNO5/c1-3-30-16-18(22-14-19(33-2)10-12-23(22)30)13-25-27(31)21-11-9-20(15-24(21)35-25)34-28(32)26(29)17-7-5-4-6-8-17/h4-16,26H,3H2,1-2H3/b25-13-. The maximum Gasteiger partial charge on any atom is 0.334 e. The highest BCUT2D eigenvalue weighted by Gasteiger charge is 2.29. The molecule has 35 heavy (non-hydrogen) atoms. The number of aryl methyl sites for hydroxylation is 1. The number of Topliss-reactive ketones (excluding diaryl/α,β-unsaturated/α-hetero) is 1. The van der Waals surface area contributed by atoms with Gasteiger partial charge in [0.2, 0.25) is 5.78 Å². The van der Waals surface area contributed by atoms with Gasteiger partial charge in [-0.1, -0.05) is 30.3 Å². The lowest BCUT2D eigenvalue weighted by Crippen LogP contribution is -2.14. The van der Waals surface area contributed by atoms with Crippen LogP contribution in [0.2, 0.25) is 0 Å². The summed E-state index contributed by atoms with van der Waals surface area (Å²) in [6.07, 6.45) is 3.71. The molecule has 3 aromatic carbocycles. The smallest absolute Gasteiger partial charge is 0.334 e. The van der Waals surface area contributed by atoms with Crippen molar-refractivity contribution in [1.82, 2.24) is 4.57 Å². The van der Waals surface area contributed by atoms with Crippen molar-refractivity contribution in [3.63, 3.8) is 0 Å². The van der Waals surface area contributed by atoms with E-state index in [1.54, 1.807) is 49.6 Å². The van der Waals surface area contributed by atoms with Crippen molar-refractivity contribution in [2.45, 2.75) is 18.8 Å². The summed E-state index contributed by atoms with van der Waals surface area (Å²) in [5, 5.41) is 0.00470. The van der Waals surface area contributed by atoms with E-state index in [0.717, 1.165) is 28.8 Å². The number of nitrogens with zero attached hydrogens (tertiary/aromatic N) is 1. The number of fused-ring (bicyclic) bond motifs is 2. The number of aromatic nitrogens is 1. The number of esters is 1. The van der Waals surface area contributed by atoms with Gasteiger partial charge in [0, 0.05) is 35.3 Å². The molecule has 176 valence electrons. The average molecular weight is 488 g/mol. The van der Waals surface area contributed by atoms with E-state index in [4.69, 9.17) is 25.8 Å². The van der Waals surface area contributed by atoms with Crippen LogP contribution in [-0.4, -0.2) is 23.4 Å². The summed E-state index contributed by atoms with van der Waals surface area (Å²) in [5.74, 6) is 0.649. The number of ether oxygens (including phenoxy) is 3. The van der Waals surface area contributed by atoms with Crippen LogP contribution in [0.3, 0.4) is 0 Å². The monoisotopic (exact) mass is 487 g/mol. The fourth-order valence-electron chi connectivity index (χ4n) is 4.11. The Bertz CT molecular complexity index is 1470. The van der Waals surface area contributed by atoms with Crippen LogP contribution in [0.1, 0.15) is 33.8 Å².